The van der Waals surface area contributed by atoms with Crippen LogP contribution in [0.2, 0.25) is 10.0 Å². The monoisotopic (exact) mass is 586 g/mol. The molecule has 1 saturated heterocycles. The maximum atomic E-state index is 13.0. The summed E-state index contributed by atoms with van der Waals surface area (Å²) in [6.07, 6.45) is 1.60. The fourth-order valence-corrected chi connectivity index (χ4v) is 4.99. The average molecular weight is 587 g/mol. The van der Waals surface area contributed by atoms with Gasteiger partial charge in [0.05, 0.1) is 30.9 Å². The Morgan fingerprint density at radius 2 is 1.79 bits per heavy atom. The Labute approximate surface area is 239 Å². The van der Waals surface area contributed by atoms with Gasteiger partial charge in [-0.05, 0) is 72.3 Å². The molecule has 202 valence electrons. The molecular formula is C28H24Cl2N2O6S. The predicted molar refractivity (Wildman–Crippen MR) is 153 cm³/mol. The van der Waals surface area contributed by atoms with Crippen LogP contribution < -0.4 is 19.5 Å². The van der Waals surface area contributed by atoms with E-state index in [1.165, 1.54) is 7.11 Å². The van der Waals surface area contributed by atoms with Crippen molar-refractivity contribution in [2.24, 2.45) is 0 Å². The molecule has 0 spiro atoms. The van der Waals surface area contributed by atoms with Crippen molar-refractivity contribution in [3.8, 4) is 17.2 Å². The number of methoxy groups -OCH3 is 1. The van der Waals surface area contributed by atoms with Crippen LogP contribution in [0.25, 0.3) is 6.08 Å². The number of hydrogen-bond acceptors (Lipinski definition) is 7. The van der Waals surface area contributed by atoms with Gasteiger partial charge in [-0.15, -0.1) is 0 Å². The van der Waals surface area contributed by atoms with Gasteiger partial charge in [-0.2, -0.15) is 0 Å². The van der Waals surface area contributed by atoms with Crippen LogP contribution in [-0.4, -0.2) is 42.3 Å². The molecule has 0 radical (unpaired) electrons. The first-order chi connectivity index (χ1) is 18.8. The van der Waals surface area contributed by atoms with Crippen molar-refractivity contribution in [1.82, 2.24) is 4.90 Å². The molecule has 39 heavy (non-hydrogen) atoms. The van der Waals surface area contributed by atoms with Crippen molar-refractivity contribution in [1.29, 1.82) is 0 Å². The number of amides is 3. The average Bonchev–Trinajstić information content (AvgIpc) is 3.17. The van der Waals surface area contributed by atoms with E-state index < -0.39 is 11.1 Å². The minimum absolute atomic E-state index is 0.0330. The zero-order chi connectivity index (χ0) is 27.9. The maximum absolute atomic E-state index is 13.0. The molecule has 11 heteroatoms. The van der Waals surface area contributed by atoms with E-state index in [1.807, 2.05) is 13.0 Å². The summed E-state index contributed by atoms with van der Waals surface area (Å²) < 4.78 is 16.6. The van der Waals surface area contributed by atoms with Crippen molar-refractivity contribution in [3.05, 3.63) is 86.7 Å². The predicted octanol–water partition coefficient (Wildman–Crippen LogP) is 6.65. The molecule has 3 aromatic carbocycles. The van der Waals surface area contributed by atoms with Crippen molar-refractivity contribution < 1.29 is 28.6 Å². The number of ether oxygens (including phenoxy) is 3. The molecule has 4 rings (SSSR count). The second kappa shape index (κ2) is 12.9. The SMILES string of the molecule is CCOc1ccccc1NC(=O)COc1ccc(/C=C2\SC(=O)N(Cc3ccc(Cl)cc3Cl)C2=O)cc1OC. The number of carbonyl (C=O) groups is 3. The largest absolute Gasteiger partial charge is 0.493 e. The van der Waals surface area contributed by atoms with Gasteiger partial charge >= 0.3 is 0 Å². The van der Waals surface area contributed by atoms with Crippen LogP contribution in [0, 0.1) is 0 Å². The van der Waals surface area contributed by atoms with Crippen molar-refractivity contribution in [3.63, 3.8) is 0 Å². The first-order valence-corrected chi connectivity index (χ1v) is 13.4. The van der Waals surface area contributed by atoms with E-state index in [9.17, 15) is 14.4 Å². The van der Waals surface area contributed by atoms with Gasteiger partial charge in [-0.3, -0.25) is 19.3 Å². The van der Waals surface area contributed by atoms with Crippen LogP contribution >= 0.6 is 35.0 Å². The zero-order valence-electron chi connectivity index (χ0n) is 21.0. The Morgan fingerprint density at radius 3 is 2.54 bits per heavy atom. The molecule has 3 aromatic rings. The summed E-state index contributed by atoms with van der Waals surface area (Å²) in [5.41, 5.74) is 1.77. The lowest BCUT2D eigenvalue weighted by Gasteiger charge is -2.14. The smallest absolute Gasteiger partial charge is 0.293 e. The fraction of sp³-hybridized carbons (Fsp3) is 0.179. The lowest BCUT2D eigenvalue weighted by atomic mass is 10.1. The van der Waals surface area contributed by atoms with Crippen LogP contribution in [0.5, 0.6) is 17.2 Å². The van der Waals surface area contributed by atoms with Gasteiger partial charge in [0.2, 0.25) is 0 Å². The van der Waals surface area contributed by atoms with Crippen LogP contribution in [0.15, 0.2) is 65.6 Å². The molecule has 1 aliphatic rings. The molecule has 8 nitrogen and oxygen atoms in total. The van der Waals surface area contributed by atoms with Gasteiger partial charge in [0, 0.05) is 10.0 Å². The molecule has 1 aliphatic heterocycles. The third-order valence-corrected chi connectivity index (χ3v) is 7.02. The summed E-state index contributed by atoms with van der Waals surface area (Å²) in [4.78, 5) is 39.4. The molecule has 0 aromatic heterocycles. The first-order valence-electron chi connectivity index (χ1n) is 11.8. The van der Waals surface area contributed by atoms with Crippen LogP contribution in [-0.2, 0) is 16.1 Å². The van der Waals surface area contributed by atoms with Gasteiger partial charge in [0.25, 0.3) is 17.1 Å². The van der Waals surface area contributed by atoms with Gasteiger partial charge < -0.3 is 19.5 Å². The van der Waals surface area contributed by atoms with E-state index in [4.69, 9.17) is 37.4 Å². The number of rotatable bonds is 10. The minimum Gasteiger partial charge on any atom is -0.493 e. The van der Waals surface area contributed by atoms with Crippen molar-refractivity contribution >= 4 is 63.8 Å². The number of nitrogens with one attached hydrogen (secondary N) is 1. The van der Waals surface area contributed by atoms with Gasteiger partial charge in [0.1, 0.15) is 5.75 Å². The topological polar surface area (TPSA) is 94.2 Å². The number of thioether (sulfide) groups is 1. The van der Waals surface area contributed by atoms with E-state index in [-0.39, 0.29) is 24.0 Å². The summed E-state index contributed by atoms with van der Waals surface area (Å²) in [6.45, 7) is 2.10. The summed E-state index contributed by atoms with van der Waals surface area (Å²) in [5.74, 6) is 0.463. The van der Waals surface area contributed by atoms with Crippen LogP contribution in [0.1, 0.15) is 18.1 Å². The Hall–Kier alpha value is -3.66. The number of imide groups is 1. The van der Waals surface area contributed by atoms with E-state index in [0.29, 0.717) is 50.7 Å². The summed E-state index contributed by atoms with van der Waals surface area (Å²) in [5, 5.41) is 3.20. The lowest BCUT2D eigenvalue weighted by Crippen LogP contribution is -2.27. The number of para-hydroxylation sites is 2. The highest BCUT2D eigenvalue weighted by Gasteiger charge is 2.35. The number of halogens is 2. The van der Waals surface area contributed by atoms with E-state index >= 15 is 0 Å². The summed E-state index contributed by atoms with van der Waals surface area (Å²) in [6, 6.07) is 17.0. The first kappa shape index (κ1) is 28.4. The summed E-state index contributed by atoms with van der Waals surface area (Å²) >= 11 is 13.0. The molecule has 0 bridgehead atoms. The number of carbonyl (C=O) groups excluding carboxylic acids is 3. The van der Waals surface area contributed by atoms with Crippen LogP contribution in [0.4, 0.5) is 10.5 Å². The molecule has 0 aliphatic carbocycles. The molecule has 0 unspecified atom stereocenters. The molecule has 1 N–H and O–H groups in total. The van der Waals surface area contributed by atoms with E-state index in [0.717, 1.165) is 16.7 Å². The second-order valence-electron chi connectivity index (χ2n) is 8.18. The van der Waals surface area contributed by atoms with Gasteiger partial charge in [-0.1, -0.05) is 47.5 Å². The van der Waals surface area contributed by atoms with Crippen LogP contribution in [0.3, 0.4) is 0 Å². The molecular weight excluding hydrogens is 563 g/mol. The van der Waals surface area contributed by atoms with Crippen molar-refractivity contribution in [2.75, 3.05) is 25.6 Å². The Balaban J connectivity index is 1.42. The number of nitrogens with zero attached hydrogens (tertiary/aromatic N) is 1. The highest BCUT2D eigenvalue weighted by molar-refractivity contribution is 8.18. The number of anilines is 1. The van der Waals surface area contributed by atoms with Crippen molar-refractivity contribution in [2.45, 2.75) is 13.5 Å². The fourth-order valence-electron chi connectivity index (χ4n) is 3.68. The lowest BCUT2D eigenvalue weighted by molar-refractivity contribution is -0.123. The number of benzene rings is 3. The van der Waals surface area contributed by atoms with E-state index in [1.54, 1.807) is 60.7 Å². The Bertz CT molecular complexity index is 1450. The third kappa shape index (κ3) is 7.06. The molecule has 1 heterocycles. The highest BCUT2D eigenvalue weighted by Crippen LogP contribution is 2.36. The quantitative estimate of drug-likeness (QED) is 0.265. The van der Waals surface area contributed by atoms with Gasteiger partial charge in [0.15, 0.2) is 18.1 Å². The number of hydrogen-bond donors (Lipinski definition) is 1. The molecule has 1 fully saturated rings. The Kier molecular flexibility index (Phi) is 9.40. The second-order valence-corrected chi connectivity index (χ2v) is 10.0. The highest BCUT2D eigenvalue weighted by atomic mass is 35.5. The normalized spacial score (nSPS) is 14.1. The van der Waals surface area contributed by atoms with E-state index in [2.05, 4.69) is 5.32 Å². The zero-order valence-corrected chi connectivity index (χ0v) is 23.4. The molecule has 0 atom stereocenters. The van der Waals surface area contributed by atoms with Gasteiger partial charge in [-0.25, -0.2) is 0 Å². The Morgan fingerprint density at radius 1 is 1.00 bits per heavy atom. The summed E-state index contributed by atoms with van der Waals surface area (Å²) in [7, 11) is 1.47. The molecule has 0 saturated carbocycles. The standard InChI is InChI=1S/C28H24Cl2N2O6S/c1-3-37-22-7-5-4-6-21(22)31-26(33)16-38-23-11-8-17(12-24(23)36-2)13-25-27(34)32(28(35)39-25)15-18-9-10-19(29)14-20(18)30/h4-14H,3,15-16H2,1-2H3,(H,31,33)/b25-13-. The third-order valence-electron chi connectivity index (χ3n) is 5.52. The minimum atomic E-state index is -0.431. The molecule has 3 amide bonds. The maximum Gasteiger partial charge on any atom is 0.293 e.